The molecule has 264 valence electrons. The fourth-order valence-electron chi connectivity index (χ4n) is 5.18. The van der Waals surface area contributed by atoms with Gasteiger partial charge in [0.1, 0.15) is 16.8 Å². The number of fused-ring (bicyclic) bond motifs is 1. The van der Waals surface area contributed by atoms with E-state index in [1.807, 2.05) is 30.3 Å². The molecule has 4 aromatic rings. The number of nitrogens with one attached hydrogen (secondary N) is 4. The molecule has 0 saturated carbocycles. The molecular weight excluding hydrogens is 662 g/mol. The van der Waals surface area contributed by atoms with Gasteiger partial charge in [0.15, 0.2) is 0 Å². The van der Waals surface area contributed by atoms with Crippen molar-refractivity contribution >= 4 is 52.2 Å². The predicted molar refractivity (Wildman–Crippen MR) is 193 cm³/mol. The number of piperazine rings is 1. The summed E-state index contributed by atoms with van der Waals surface area (Å²) in [5, 5.41) is 7.51. The highest BCUT2D eigenvalue weighted by Gasteiger charge is 2.25. The third-order valence-electron chi connectivity index (χ3n) is 7.94. The number of hydrazine groups is 1. The number of hydrogen-bond donors (Lipinski definition) is 4. The van der Waals surface area contributed by atoms with Gasteiger partial charge < -0.3 is 25.3 Å². The van der Waals surface area contributed by atoms with Gasteiger partial charge in [0, 0.05) is 63.0 Å². The summed E-state index contributed by atoms with van der Waals surface area (Å²) in [6.07, 6.45) is 1.26. The van der Waals surface area contributed by atoms with Crippen molar-refractivity contribution in [3.8, 4) is 0 Å². The van der Waals surface area contributed by atoms with Crippen LogP contribution in [0.5, 0.6) is 0 Å². The van der Waals surface area contributed by atoms with Crippen LogP contribution in [0, 0.1) is 0 Å². The molecule has 15 heteroatoms. The molecular formula is C35H42ClN9O5. The maximum Gasteiger partial charge on any atom is 0.429 e. The van der Waals surface area contributed by atoms with Crippen LogP contribution >= 0.6 is 11.6 Å². The van der Waals surface area contributed by atoms with Crippen LogP contribution in [0.15, 0.2) is 65.6 Å². The Balaban J connectivity index is 1.25. The van der Waals surface area contributed by atoms with Gasteiger partial charge in [-0.05, 0) is 64.1 Å². The fraction of sp³-hybridized carbons (Fsp3) is 0.371. The highest BCUT2D eigenvalue weighted by molar-refractivity contribution is 6.34. The van der Waals surface area contributed by atoms with Gasteiger partial charge in [0.2, 0.25) is 5.95 Å². The van der Waals surface area contributed by atoms with Crippen molar-refractivity contribution < 1.29 is 19.1 Å². The Morgan fingerprint density at radius 2 is 1.76 bits per heavy atom. The molecule has 1 fully saturated rings. The predicted octanol–water partition coefficient (Wildman–Crippen LogP) is 4.01. The van der Waals surface area contributed by atoms with Crippen molar-refractivity contribution in [2.45, 2.75) is 32.8 Å². The van der Waals surface area contributed by atoms with E-state index in [0.29, 0.717) is 24.3 Å². The molecule has 0 atom stereocenters. The maximum atomic E-state index is 13.3. The highest BCUT2D eigenvalue weighted by atomic mass is 35.5. The first-order chi connectivity index (χ1) is 23.8. The first kappa shape index (κ1) is 36.2. The van der Waals surface area contributed by atoms with E-state index in [0.717, 1.165) is 43.3 Å². The Morgan fingerprint density at radius 1 is 1.02 bits per heavy atom. The van der Waals surface area contributed by atoms with Crippen molar-refractivity contribution in [3.05, 3.63) is 92.9 Å². The normalized spacial score (nSPS) is 13.9. The van der Waals surface area contributed by atoms with E-state index in [2.05, 4.69) is 47.9 Å². The number of anilines is 2. The maximum absolute atomic E-state index is 13.3. The van der Waals surface area contributed by atoms with Crippen LogP contribution in [0.1, 0.15) is 47.1 Å². The zero-order chi connectivity index (χ0) is 35.8. The van der Waals surface area contributed by atoms with Gasteiger partial charge in [-0.15, -0.1) is 0 Å². The Kier molecular flexibility index (Phi) is 11.7. The fourth-order valence-corrected chi connectivity index (χ4v) is 5.34. The van der Waals surface area contributed by atoms with Gasteiger partial charge in [0.05, 0.1) is 10.7 Å². The minimum Gasteiger partial charge on any atom is -0.442 e. The second kappa shape index (κ2) is 16.1. The van der Waals surface area contributed by atoms with Gasteiger partial charge in [0.25, 0.3) is 17.4 Å². The van der Waals surface area contributed by atoms with Gasteiger partial charge in [-0.3, -0.25) is 24.7 Å². The molecule has 3 heterocycles. The Labute approximate surface area is 295 Å². The Morgan fingerprint density at radius 3 is 2.48 bits per heavy atom. The molecule has 3 amide bonds. The van der Waals surface area contributed by atoms with E-state index in [9.17, 15) is 19.2 Å². The van der Waals surface area contributed by atoms with Crippen LogP contribution in [-0.4, -0.2) is 106 Å². The smallest absolute Gasteiger partial charge is 0.429 e. The van der Waals surface area contributed by atoms with Gasteiger partial charge in [-0.1, -0.05) is 41.9 Å². The molecule has 1 saturated heterocycles. The number of amides is 3. The van der Waals surface area contributed by atoms with Crippen LogP contribution in [0.3, 0.4) is 0 Å². The number of rotatable bonds is 10. The number of carbonyl (C=O) groups is 3. The number of nitrogens with zero attached hydrogens (tertiary/aromatic N) is 5. The summed E-state index contributed by atoms with van der Waals surface area (Å²) < 4.78 is 5.51. The van der Waals surface area contributed by atoms with Crippen LogP contribution in [0.4, 0.5) is 16.4 Å². The van der Waals surface area contributed by atoms with E-state index in [4.69, 9.17) is 16.3 Å². The molecule has 2 aromatic heterocycles. The summed E-state index contributed by atoms with van der Waals surface area (Å²) in [6, 6.07) is 15.2. The molecule has 50 heavy (non-hydrogen) atoms. The molecule has 1 aliphatic rings. The molecule has 0 unspecified atom stereocenters. The van der Waals surface area contributed by atoms with Gasteiger partial charge in [-0.25, -0.2) is 14.8 Å². The first-order valence-corrected chi connectivity index (χ1v) is 16.7. The number of aromatic amines is 1. The number of ether oxygens (including phenoxy) is 1. The Bertz CT molecular complexity index is 1890. The molecule has 14 nitrogen and oxygen atoms in total. The van der Waals surface area contributed by atoms with Crippen molar-refractivity contribution in [2.75, 3.05) is 63.5 Å². The second-order valence-corrected chi connectivity index (χ2v) is 13.4. The molecule has 0 radical (unpaired) electrons. The van der Waals surface area contributed by atoms with E-state index in [1.54, 1.807) is 20.8 Å². The number of halogens is 1. The Hall–Kier alpha value is -5.05. The lowest BCUT2D eigenvalue weighted by molar-refractivity contribution is 0.0136. The number of carbonyl (C=O) groups excluding carboxylic acids is 3. The highest BCUT2D eigenvalue weighted by Crippen LogP contribution is 2.24. The van der Waals surface area contributed by atoms with E-state index >= 15 is 0 Å². The standard InChI is InChI=1S/C35H42ClN9O5/c1-35(2,3)50-34(49)45(14-12-23-8-6-5-7-9-23)42-30(46)24-10-11-27(36)28(21-24)39-31(47)26-20-25-22-38-33(41-29(25)40-32(26)48)37-13-15-44-18-16-43(4)17-19-44/h5-11,20-22H,12-19H2,1-4H3,(H,39,47)(H,42,46)(H2,37,38,40,41,48). The third kappa shape index (κ3) is 10.00. The summed E-state index contributed by atoms with van der Waals surface area (Å²) in [7, 11) is 2.11. The van der Waals surface area contributed by atoms with E-state index in [1.165, 1.54) is 30.5 Å². The van der Waals surface area contributed by atoms with Gasteiger partial charge >= 0.3 is 6.09 Å². The van der Waals surface area contributed by atoms with Crippen molar-refractivity contribution in [1.29, 1.82) is 0 Å². The minimum absolute atomic E-state index is 0.0908. The lowest BCUT2D eigenvalue weighted by Gasteiger charge is -2.32. The average Bonchev–Trinajstić information content (AvgIpc) is 3.07. The van der Waals surface area contributed by atoms with Gasteiger partial charge in [-0.2, -0.15) is 4.98 Å². The molecule has 0 bridgehead atoms. The lowest BCUT2D eigenvalue weighted by Crippen LogP contribution is -2.49. The SMILES string of the molecule is CN1CCN(CCNc2ncc3cc(C(=O)Nc4cc(C(=O)NN(CCc5ccccc5)C(=O)OC(C)(C)C)ccc4Cl)c(=O)[nH]c3n2)CC1. The number of hydrogen-bond acceptors (Lipinski definition) is 10. The quantitative estimate of drug-likeness (QED) is 0.178. The third-order valence-corrected chi connectivity index (χ3v) is 8.27. The topological polar surface area (TPSA) is 165 Å². The summed E-state index contributed by atoms with van der Waals surface area (Å²) in [5.74, 6) is -1.02. The number of H-pyrrole nitrogens is 1. The summed E-state index contributed by atoms with van der Waals surface area (Å²) in [4.78, 5) is 68.7. The number of pyridine rings is 1. The van der Waals surface area contributed by atoms with Crippen LogP contribution < -0.4 is 21.6 Å². The average molecular weight is 704 g/mol. The molecule has 1 aliphatic heterocycles. The van der Waals surface area contributed by atoms with Crippen LogP contribution in [0.2, 0.25) is 5.02 Å². The zero-order valence-corrected chi connectivity index (χ0v) is 29.3. The van der Waals surface area contributed by atoms with Crippen molar-refractivity contribution in [3.63, 3.8) is 0 Å². The molecule has 4 N–H and O–H groups in total. The van der Waals surface area contributed by atoms with Crippen molar-refractivity contribution in [1.82, 2.24) is 35.2 Å². The summed E-state index contributed by atoms with van der Waals surface area (Å²) in [6.45, 7) is 10.9. The molecule has 2 aromatic carbocycles. The lowest BCUT2D eigenvalue weighted by atomic mass is 10.1. The minimum atomic E-state index is -0.791. The number of likely N-dealkylation sites (N-methyl/N-ethyl adjacent to an activating group) is 1. The second-order valence-electron chi connectivity index (χ2n) is 13.0. The molecule has 5 rings (SSSR count). The molecule has 0 spiro atoms. The summed E-state index contributed by atoms with van der Waals surface area (Å²) >= 11 is 6.38. The van der Waals surface area contributed by atoms with E-state index < -0.39 is 29.1 Å². The van der Waals surface area contributed by atoms with Crippen LogP contribution in [0.25, 0.3) is 11.0 Å². The molecule has 0 aliphatic carbocycles. The number of benzene rings is 2. The monoisotopic (exact) mass is 703 g/mol. The largest absolute Gasteiger partial charge is 0.442 e. The first-order valence-electron chi connectivity index (χ1n) is 16.4. The van der Waals surface area contributed by atoms with E-state index in [-0.39, 0.29) is 34.0 Å². The number of aromatic nitrogens is 3. The van der Waals surface area contributed by atoms with Crippen LogP contribution in [-0.2, 0) is 11.2 Å². The van der Waals surface area contributed by atoms with Crippen molar-refractivity contribution in [2.24, 2.45) is 0 Å². The zero-order valence-electron chi connectivity index (χ0n) is 28.6. The summed E-state index contributed by atoms with van der Waals surface area (Å²) in [5.41, 5.74) is 2.41.